The first-order chi connectivity index (χ1) is 7.91. The van der Waals surface area contributed by atoms with E-state index in [0.29, 0.717) is 12.8 Å². The molecule has 1 aliphatic carbocycles. The van der Waals surface area contributed by atoms with Gasteiger partial charge >= 0.3 is 12.1 Å². The highest BCUT2D eigenvalue weighted by atomic mass is 19.4. The molecule has 2 atom stereocenters. The highest BCUT2D eigenvalue weighted by Crippen LogP contribution is 2.46. The fraction of sp³-hybridized carbons (Fsp3) is 0.455. The number of carboxylic acid groups (broad SMARTS) is 1. The first kappa shape index (κ1) is 11.9. The average molecular weight is 245 g/mol. The van der Waals surface area contributed by atoms with Crippen LogP contribution in [0.4, 0.5) is 13.2 Å². The maximum Gasteiger partial charge on any atom is 0.416 e. The number of aromatic nitrogens is 1. The van der Waals surface area contributed by atoms with Crippen molar-refractivity contribution < 1.29 is 23.1 Å². The number of rotatable bonds is 2. The number of hydrogen-bond acceptors (Lipinski definition) is 2. The Hall–Kier alpha value is -1.59. The minimum absolute atomic E-state index is 0.00125. The molecular formula is C11H10F3NO2. The van der Waals surface area contributed by atoms with Gasteiger partial charge in [0.1, 0.15) is 0 Å². The third-order valence-corrected chi connectivity index (χ3v) is 3.15. The number of pyridine rings is 1. The summed E-state index contributed by atoms with van der Waals surface area (Å²) in [6.07, 6.45) is -1.38. The van der Waals surface area contributed by atoms with E-state index in [2.05, 4.69) is 4.98 Å². The van der Waals surface area contributed by atoms with Crippen LogP contribution in [0.5, 0.6) is 0 Å². The largest absolute Gasteiger partial charge is 0.481 e. The third kappa shape index (κ3) is 2.11. The van der Waals surface area contributed by atoms with E-state index in [1.807, 2.05) is 0 Å². The van der Waals surface area contributed by atoms with Crippen molar-refractivity contribution in [2.45, 2.75) is 24.9 Å². The lowest BCUT2D eigenvalue weighted by atomic mass is 9.69. The summed E-state index contributed by atoms with van der Waals surface area (Å²) in [4.78, 5) is 14.5. The van der Waals surface area contributed by atoms with Crippen LogP contribution in [-0.2, 0) is 11.0 Å². The van der Waals surface area contributed by atoms with Gasteiger partial charge in [0, 0.05) is 12.4 Å². The molecule has 0 bridgehead atoms. The van der Waals surface area contributed by atoms with Gasteiger partial charge in [0.2, 0.25) is 0 Å². The molecule has 17 heavy (non-hydrogen) atoms. The lowest BCUT2D eigenvalue weighted by molar-refractivity contribution is -0.147. The number of nitrogens with zero attached hydrogens (tertiary/aromatic N) is 1. The summed E-state index contributed by atoms with van der Waals surface area (Å²) >= 11 is 0. The summed E-state index contributed by atoms with van der Waals surface area (Å²) in [5.41, 5.74) is -0.776. The lowest BCUT2D eigenvalue weighted by Gasteiger charge is -2.34. The van der Waals surface area contributed by atoms with Crippen LogP contribution in [0.1, 0.15) is 29.9 Å². The molecule has 1 heterocycles. The standard InChI is InChI=1S/C11H10F3NO2/c12-11(13,14)9-3-4-15-5-8(9)6-1-2-7(6)10(16)17/h3-7H,1-2H2,(H,16,17). The quantitative estimate of drug-likeness (QED) is 0.871. The number of hydrogen-bond donors (Lipinski definition) is 1. The number of carboxylic acids is 1. The van der Waals surface area contributed by atoms with Crippen molar-refractivity contribution in [2.24, 2.45) is 5.92 Å². The van der Waals surface area contributed by atoms with Gasteiger partial charge in [-0.05, 0) is 30.4 Å². The Morgan fingerprint density at radius 2 is 2.12 bits per heavy atom. The molecule has 1 aliphatic rings. The van der Waals surface area contributed by atoms with Gasteiger partial charge in [-0.3, -0.25) is 9.78 Å². The van der Waals surface area contributed by atoms with Crippen LogP contribution in [0.25, 0.3) is 0 Å². The molecule has 6 heteroatoms. The molecule has 1 N–H and O–H groups in total. The maximum atomic E-state index is 12.7. The highest BCUT2D eigenvalue weighted by molar-refractivity contribution is 5.72. The first-order valence-electron chi connectivity index (χ1n) is 5.15. The van der Waals surface area contributed by atoms with E-state index < -0.39 is 29.5 Å². The second kappa shape index (κ2) is 4.01. The van der Waals surface area contributed by atoms with Crippen molar-refractivity contribution in [2.75, 3.05) is 0 Å². The molecule has 1 aromatic heterocycles. The zero-order valence-electron chi connectivity index (χ0n) is 8.74. The normalized spacial score (nSPS) is 24.2. The van der Waals surface area contributed by atoms with E-state index in [1.165, 1.54) is 0 Å². The molecule has 1 saturated carbocycles. The molecule has 3 nitrogen and oxygen atoms in total. The topological polar surface area (TPSA) is 50.2 Å². The monoisotopic (exact) mass is 245 g/mol. The van der Waals surface area contributed by atoms with Gasteiger partial charge in [-0.15, -0.1) is 0 Å². The van der Waals surface area contributed by atoms with Gasteiger partial charge in [-0.2, -0.15) is 13.2 Å². The van der Waals surface area contributed by atoms with E-state index in [-0.39, 0.29) is 5.56 Å². The predicted octanol–water partition coefficient (Wildman–Crippen LogP) is 2.68. The van der Waals surface area contributed by atoms with Crippen molar-refractivity contribution >= 4 is 5.97 Å². The smallest absolute Gasteiger partial charge is 0.416 e. The van der Waals surface area contributed by atoms with E-state index in [1.54, 1.807) is 0 Å². The summed E-state index contributed by atoms with van der Waals surface area (Å²) in [6, 6.07) is 0.895. The number of aliphatic carboxylic acids is 1. The van der Waals surface area contributed by atoms with Crippen LogP contribution >= 0.6 is 0 Å². The molecule has 0 amide bonds. The summed E-state index contributed by atoms with van der Waals surface area (Å²) < 4.78 is 38.2. The number of halogens is 3. The van der Waals surface area contributed by atoms with E-state index in [0.717, 1.165) is 18.5 Å². The van der Waals surface area contributed by atoms with Gasteiger partial charge in [-0.1, -0.05) is 0 Å². The predicted molar refractivity (Wildman–Crippen MR) is 52.3 cm³/mol. The first-order valence-corrected chi connectivity index (χ1v) is 5.15. The molecule has 0 aliphatic heterocycles. The number of alkyl halides is 3. The Kier molecular flexibility index (Phi) is 2.81. The maximum absolute atomic E-state index is 12.7. The van der Waals surface area contributed by atoms with E-state index >= 15 is 0 Å². The second-order valence-corrected chi connectivity index (χ2v) is 4.09. The van der Waals surface area contributed by atoms with Crippen molar-refractivity contribution in [1.29, 1.82) is 0 Å². The lowest BCUT2D eigenvalue weighted by Crippen LogP contribution is -2.32. The summed E-state index contributed by atoms with van der Waals surface area (Å²) in [7, 11) is 0. The Labute approximate surface area is 95.3 Å². The Morgan fingerprint density at radius 3 is 2.59 bits per heavy atom. The highest BCUT2D eigenvalue weighted by Gasteiger charge is 2.43. The van der Waals surface area contributed by atoms with Gasteiger partial charge in [-0.25, -0.2) is 0 Å². The molecule has 1 aromatic rings. The van der Waals surface area contributed by atoms with E-state index in [9.17, 15) is 18.0 Å². The van der Waals surface area contributed by atoms with Crippen molar-refractivity contribution in [1.82, 2.24) is 4.98 Å². The van der Waals surface area contributed by atoms with Crippen LogP contribution in [0.3, 0.4) is 0 Å². The average Bonchev–Trinajstić information content (AvgIpc) is 2.14. The summed E-state index contributed by atoms with van der Waals surface area (Å²) in [6.45, 7) is 0. The van der Waals surface area contributed by atoms with Crippen LogP contribution < -0.4 is 0 Å². The zero-order valence-corrected chi connectivity index (χ0v) is 8.74. The van der Waals surface area contributed by atoms with Crippen molar-refractivity contribution in [3.8, 4) is 0 Å². The SMILES string of the molecule is O=C(O)C1CCC1c1cnccc1C(F)(F)F. The fourth-order valence-electron chi connectivity index (χ4n) is 2.13. The fourth-order valence-corrected chi connectivity index (χ4v) is 2.13. The summed E-state index contributed by atoms with van der Waals surface area (Å²) in [5, 5.41) is 8.86. The van der Waals surface area contributed by atoms with Gasteiger partial charge < -0.3 is 5.11 Å². The summed E-state index contributed by atoms with van der Waals surface area (Å²) in [5.74, 6) is -2.34. The molecule has 2 rings (SSSR count). The van der Waals surface area contributed by atoms with Crippen LogP contribution in [0.2, 0.25) is 0 Å². The Bertz CT molecular complexity index is 445. The molecule has 0 saturated heterocycles. The molecule has 1 fully saturated rings. The van der Waals surface area contributed by atoms with Crippen LogP contribution in [0, 0.1) is 5.92 Å². The molecule has 0 radical (unpaired) electrons. The Balaban J connectivity index is 2.36. The molecular weight excluding hydrogens is 235 g/mol. The molecule has 0 aromatic carbocycles. The molecule has 0 spiro atoms. The van der Waals surface area contributed by atoms with Gasteiger partial charge in [0.05, 0.1) is 11.5 Å². The van der Waals surface area contributed by atoms with Crippen molar-refractivity contribution in [3.05, 3.63) is 29.6 Å². The van der Waals surface area contributed by atoms with E-state index in [4.69, 9.17) is 5.11 Å². The Morgan fingerprint density at radius 1 is 1.41 bits per heavy atom. The zero-order chi connectivity index (χ0) is 12.6. The van der Waals surface area contributed by atoms with Crippen molar-refractivity contribution in [3.63, 3.8) is 0 Å². The molecule has 92 valence electrons. The van der Waals surface area contributed by atoms with Gasteiger partial charge in [0.15, 0.2) is 0 Å². The minimum Gasteiger partial charge on any atom is -0.481 e. The number of carbonyl (C=O) groups is 1. The third-order valence-electron chi connectivity index (χ3n) is 3.15. The second-order valence-electron chi connectivity index (χ2n) is 4.09. The van der Waals surface area contributed by atoms with Crippen LogP contribution in [0.15, 0.2) is 18.5 Å². The van der Waals surface area contributed by atoms with Gasteiger partial charge in [0.25, 0.3) is 0 Å². The minimum atomic E-state index is -4.46. The molecule has 2 unspecified atom stereocenters. The van der Waals surface area contributed by atoms with Crippen LogP contribution in [-0.4, -0.2) is 16.1 Å².